The van der Waals surface area contributed by atoms with E-state index in [0.29, 0.717) is 41.2 Å². The summed E-state index contributed by atoms with van der Waals surface area (Å²) in [6.07, 6.45) is 0.989. The van der Waals surface area contributed by atoms with Gasteiger partial charge in [0.2, 0.25) is 10.0 Å². The van der Waals surface area contributed by atoms with E-state index in [0.717, 1.165) is 12.3 Å². The SMILES string of the molecule is CCc1cc2c(cc1F)c(N)c(-c1ccc(S(=O)(=O)N[C@@H](C)C(F)(F)F)cn1)n2-c1cncnc1. The Bertz CT molecular complexity index is 1490. The number of nitrogen functional groups attached to an aromatic ring is 1. The van der Waals surface area contributed by atoms with Crippen LogP contribution in [0.2, 0.25) is 0 Å². The summed E-state index contributed by atoms with van der Waals surface area (Å²) < 4.78 is 81.1. The minimum Gasteiger partial charge on any atom is -0.396 e. The number of aromatic nitrogens is 4. The molecule has 0 amide bonds. The maximum absolute atomic E-state index is 14.6. The van der Waals surface area contributed by atoms with Gasteiger partial charge in [-0.05, 0) is 43.2 Å². The fraction of sp³-hybridized carbons (Fsp3) is 0.227. The molecule has 184 valence electrons. The first-order chi connectivity index (χ1) is 16.4. The number of benzene rings is 1. The topological polar surface area (TPSA) is 116 Å². The van der Waals surface area contributed by atoms with Gasteiger partial charge in [0.25, 0.3) is 0 Å². The maximum Gasteiger partial charge on any atom is 0.404 e. The van der Waals surface area contributed by atoms with E-state index in [1.54, 1.807) is 15.4 Å². The van der Waals surface area contributed by atoms with Crippen LogP contribution >= 0.6 is 0 Å². The molecule has 0 aliphatic heterocycles. The third-order valence-electron chi connectivity index (χ3n) is 5.47. The van der Waals surface area contributed by atoms with Gasteiger partial charge in [-0.3, -0.25) is 4.98 Å². The van der Waals surface area contributed by atoms with Gasteiger partial charge in [0.15, 0.2) is 0 Å². The zero-order valence-electron chi connectivity index (χ0n) is 18.5. The van der Waals surface area contributed by atoms with Gasteiger partial charge in [0, 0.05) is 11.6 Å². The molecular weight excluding hydrogens is 488 g/mol. The summed E-state index contributed by atoms with van der Waals surface area (Å²) in [7, 11) is -4.49. The molecule has 4 rings (SSSR count). The monoisotopic (exact) mass is 508 g/mol. The first-order valence-corrected chi connectivity index (χ1v) is 11.9. The highest BCUT2D eigenvalue weighted by molar-refractivity contribution is 7.89. The molecule has 3 heterocycles. The number of nitrogens with one attached hydrogen (secondary N) is 1. The number of anilines is 1. The Morgan fingerprint density at radius 3 is 2.40 bits per heavy atom. The minimum absolute atomic E-state index is 0.178. The number of alkyl halides is 3. The fourth-order valence-electron chi connectivity index (χ4n) is 3.62. The van der Waals surface area contributed by atoms with Crippen LogP contribution in [0, 0.1) is 5.82 Å². The molecule has 0 aliphatic carbocycles. The number of fused-ring (bicyclic) bond motifs is 1. The highest BCUT2D eigenvalue weighted by atomic mass is 32.2. The molecule has 4 aromatic rings. The van der Waals surface area contributed by atoms with Gasteiger partial charge < -0.3 is 10.3 Å². The number of sulfonamides is 1. The van der Waals surface area contributed by atoms with Crippen molar-refractivity contribution in [3.8, 4) is 17.1 Å². The number of nitrogens with zero attached hydrogens (tertiary/aromatic N) is 4. The Morgan fingerprint density at radius 2 is 1.83 bits per heavy atom. The third kappa shape index (κ3) is 4.56. The number of nitrogens with two attached hydrogens (primary N) is 1. The average molecular weight is 509 g/mol. The second-order valence-electron chi connectivity index (χ2n) is 7.77. The first-order valence-electron chi connectivity index (χ1n) is 10.4. The van der Waals surface area contributed by atoms with Crippen LogP contribution in [0.4, 0.5) is 23.2 Å². The van der Waals surface area contributed by atoms with E-state index in [-0.39, 0.29) is 11.4 Å². The highest BCUT2D eigenvalue weighted by Gasteiger charge is 2.39. The minimum atomic E-state index is -4.75. The van der Waals surface area contributed by atoms with Gasteiger partial charge in [-0.1, -0.05) is 6.92 Å². The molecule has 0 bridgehead atoms. The summed E-state index contributed by atoms with van der Waals surface area (Å²) in [5.74, 6) is -0.432. The molecule has 0 spiro atoms. The largest absolute Gasteiger partial charge is 0.404 e. The van der Waals surface area contributed by atoms with Crippen LogP contribution < -0.4 is 10.5 Å². The van der Waals surface area contributed by atoms with Crippen molar-refractivity contribution in [1.29, 1.82) is 0 Å². The Labute approximate surface area is 197 Å². The Hall–Kier alpha value is -3.58. The van der Waals surface area contributed by atoms with Gasteiger partial charge in [-0.15, -0.1) is 0 Å². The van der Waals surface area contributed by atoms with Gasteiger partial charge in [-0.25, -0.2) is 22.8 Å². The molecule has 8 nitrogen and oxygen atoms in total. The third-order valence-corrected chi connectivity index (χ3v) is 7.00. The molecule has 13 heteroatoms. The van der Waals surface area contributed by atoms with Crippen LogP contribution in [0.15, 0.2) is 54.1 Å². The van der Waals surface area contributed by atoms with E-state index in [1.165, 1.54) is 30.9 Å². The smallest absolute Gasteiger partial charge is 0.396 e. The summed E-state index contributed by atoms with van der Waals surface area (Å²) in [6, 6.07) is 3.11. The molecule has 0 radical (unpaired) electrons. The number of pyridine rings is 1. The van der Waals surface area contributed by atoms with E-state index < -0.39 is 33.0 Å². The molecule has 35 heavy (non-hydrogen) atoms. The highest BCUT2D eigenvalue weighted by Crippen LogP contribution is 2.38. The molecule has 0 fully saturated rings. The number of hydrogen-bond acceptors (Lipinski definition) is 6. The van der Waals surface area contributed by atoms with Crippen molar-refractivity contribution in [3.05, 3.63) is 60.6 Å². The van der Waals surface area contributed by atoms with E-state index in [1.807, 2.05) is 6.92 Å². The predicted octanol–water partition coefficient (Wildman–Crippen LogP) is 4.00. The quantitative estimate of drug-likeness (QED) is 0.381. The second kappa shape index (κ2) is 8.89. The lowest BCUT2D eigenvalue weighted by Gasteiger charge is -2.17. The van der Waals surface area contributed by atoms with Crippen molar-refractivity contribution in [3.63, 3.8) is 0 Å². The second-order valence-corrected chi connectivity index (χ2v) is 9.49. The average Bonchev–Trinajstić information content (AvgIpc) is 3.09. The van der Waals surface area contributed by atoms with Crippen molar-refractivity contribution in [2.45, 2.75) is 37.4 Å². The summed E-state index contributed by atoms with van der Waals surface area (Å²) >= 11 is 0. The summed E-state index contributed by atoms with van der Waals surface area (Å²) in [5, 5.41) is 0.401. The van der Waals surface area contributed by atoms with Crippen molar-refractivity contribution >= 4 is 26.6 Å². The van der Waals surface area contributed by atoms with Crippen LogP contribution in [0.3, 0.4) is 0 Å². The lowest BCUT2D eigenvalue weighted by atomic mass is 10.1. The maximum atomic E-state index is 14.6. The summed E-state index contributed by atoms with van der Waals surface area (Å²) in [5.41, 5.74) is 8.61. The molecular formula is C22H20F4N6O2S. The standard InChI is InChI=1S/C22H20F4N6O2S/c1-3-13-6-19-16(7-17(13)23)20(27)21(32(19)14-8-28-11-29-9-14)18-5-4-15(10-30-18)35(33,34)31-12(2)22(24,25)26/h4-12,31H,3,27H2,1-2H3/t12-/m0/s1. The Balaban J connectivity index is 1.87. The number of aryl methyl sites for hydroxylation is 1. The molecule has 3 aromatic heterocycles. The van der Waals surface area contributed by atoms with Crippen molar-refractivity contribution in [2.75, 3.05) is 5.73 Å². The Kier molecular flexibility index (Phi) is 6.23. The lowest BCUT2D eigenvalue weighted by Crippen LogP contribution is -2.42. The van der Waals surface area contributed by atoms with Crippen molar-refractivity contribution < 1.29 is 26.0 Å². The lowest BCUT2D eigenvalue weighted by molar-refractivity contribution is -0.147. The van der Waals surface area contributed by atoms with E-state index in [9.17, 15) is 26.0 Å². The van der Waals surface area contributed by atoms with Crippen LogP contribution in [0.5, 0.6) is 0 Å². The van der Waals surface area contributed by atoms with Crippen LogP contribution in [-0.2, 0) is 16.4 Å². The zero-order chi connectivity index (χ0) is 25.5. The van der Waals surface area contributed by atoms with Gasteiger partial charge in [-0.2, -0.15) is 17.9 Å². The van der Waals surface area contributed by atoms with E-state index >= 15 is 0 Å². The fourth-order valence-corrected chi connectivity index (χ4v) is 4.79. The molecule has 0 saturated carbocycles. The van der Waals surface area contributed by atoms with E-state index in [2.05, 4.69) is 15.0 Å². The first kappa shape index (κ1) is 24.5. The molecule has 1 atom stereocenters. The van der Waals surface area contributed by atoms with E-state index in [4.69, 9.17) is 5.73 Å². The molecule has 3 N–H and O–H groups in total. The van der Waals surface area contributed by atoms with Crippen LogP contribution in [-0.4, -0.2) is 40.2 Å². The normalized spacial score (nSPS) is 13.3. The predicted molar refractivity (Wildman–Crippen MR) is 122 cm³/mol. The number of halogens is 4. The molecule has 0 unspecified atom stereocenters. The Morgan fingerprint density at radius 1 is 1.14 bits per heavy atom. The molecule has 0 saturated heterocycles. The zero-order valence-corrected chi connectivity index (χ0v) is 19.3. The summed E-state index contributed by atoms with van der Waals surface area (Å²) in [6.45, 7) is 2.51. The number of hydrogen-bond donors (Lipinski definition) is 2. The number of rotatable bonds is 6. The van der Waals surface area contributed by atoms with Crippen LogP contribution in [0.25, 0.3) is 28.0 Å². The van der Waals surface area contributed by atoms with Crippen molar-refractivity contribution in [1.82, 2.24) is 24.2 Å². The molecule has 1 aromatic carbocycles. The molecule has 0 aliphatic rings. The summed E-state index contributed by atoms with van der Waals surface area (Å²) in [4.78, 5) is 11.7. The van der Waals surface area contributed by atoms with Crippen molar-refractivity contribution in [2.24, 2.45) is 0 Å². The van der Waals surface area contributed by atoms with Gasteiger partial charge in [0.05, 0.1) is 40.7 Å². The van der Waals surface area contributed by atoms with Crippen LogP contribution in [0.1, 0.15) is 19.4 Å². The van der Waals surface area contributed by atoms with Gasteiger partial charge >= 0.3 is 6.18 Å². The van der Waals surface area contributed by atoms with Gasteiger partial charge in [0.1, 0.15) is 23.1 Å².